The summed E-state index contributed by atoms with van der Waals surface area (Å²) < 4.78 is 5.51. The highest BCUT2D eigenvalue weighted by molar-refractivity contribution is 7.80. The molecule has 3 rings (SSSR count). The smallest absolute Gasteiger partial charge is 0.264 e. The Labute approximate surface area is 163 Å². The summed E-state index contributed by atoms with van der Waals surface area (Å²) in [5, 5.41) is 4.68. The quantitative estimate of drug-likeness (QED) is 0.557. The number of fused-ring (bicyclic) bond motifs is 1. The number of hydrogen-bond acceptors (Lipinski definition) is 4. The Morgan fingerprint density at radius 2 is 1.74 bits per heavy atom. The molecule has 1 aliphatic carbocycles. The van der Waals surface area contributed by atoms with Crippen LogP contribution in [0.2, 0.25) is 0 Å². The molecule has 7 heteroatoms. The molecule has 0 saturated heterocycles. The standard InChI is InChI=1S/C20H23N3O3S/c24-18(13-26-17-11-10-14-6-4-5-9-16(14)12-17)21-20(27)23-22-19(25)15-7-2-1-3-8-15/h4-6,9-12,15H,1-3,7-8,13H2,(H,22,25)(H2,21,23,24,27). The molecule has 0 spiro atoms. The van der Waals surface area contributed by atoms with E-state index < -0.39 is 5.91 Å². The summed E-state index contributed by atoms with van der Waals surface area (Å²) >= 11 is 5.03. The third-order valence-corrected chi connectivity index (χ3v) is 4.82. The molecule has 27 heavy (non-hydrogen) atoms. The van der Waals surface area contributed by atoms with Crippen LogP contribution in [0.25, 0.3) is 10.8 Å². The lowest BCUT2D eigenvalue weighted by Gasteiger charge is -2.21. The van der Waals surface area contributed by atoms with E-state index in [1.807, 2.05) is 42.5 Å². The molecule has 142 valence electrons. The Balaban J connectivity index is 1.40. The van der Waals surface area contributed by atoms with Crippen LogP contribution in [0.4, 0.5) is 0 Å². The van der Waals surface area contributed by atoms with Gasteiger partial charge < -0.3 is 4.74 Å². The second-order valence-corrected chi connectivity index (χ2v) is 7.03. The molecule has 0 atom stereocenters. The fourth-order valence-corrected chi connectivity index (χ4v) is 3.35. The normalized spacial score (nSPS) is 14.4. The van der Waals surface area contributed by atoms with E-state index in [1.54, 1.807) is 0 Å². The first-order valence-electron chi connectivity index (χ1n) is 9.13. The second-order valence-electron chi connectivity index (χ2n) is 6.62. The van der Waals surface area contributed by atoms with Crippen molar-refractivity contribution < 1.29 is 14.3 Å². The van der Waals surface area contributed by atoms with Crippen LogP contribution in [0.15, 0.2) is 42.5 Å². The van der Waals surface area contributed by atoms with Gasteiger partial charge in [0.15, 0.2) is 11.7 Å². The van der Waals surface area contributed by atoms with Gasteiger partial charge in [0.25, 0.3) is 5.91 Å². The third-order valence-electron chi connectivity index (χ3n) is 4.62. The van der Waals surface area contributed by atoms with Gasteiger partial charge in [-0.2, -0.15) is 0 Å². The Hall–Kier alpha value is -2.67. The summed E-state index contributed by atoms with van der Waals surface area (Å²) in [6, 6.07) is 13.5. The molecule has 0 aromatic heterocycles. The number of carbonyl (C=O) groups excluding carboxylic acids is 2. The topological polar surface area (TPSA) is 79.5 Å². The Kier molecular flexibility index (Phi) is 6.59. The summed E-state index contributed by atoms with van der Waals surface area (Å²) in [5.74, 6) is 0.139. The summed E-state index contributed by atoms with van der Waals surface area (Å²) in [4.78, 5) is 24.0. The van der Waals surface area contributed by atoms with Gasteiger partial charge >= 0.3 is 0 Å². The maximum atomic E-state index is 12.0. The van der Waals surface area contributed by atoms with Gasteiger partial charge in [0, 0.05) is 5.92 Å². The number of hydrazine groups is 1. The summed E-state index contributed by atoms with van der Waals surface area (Å²) in [5.41, 5.74) is 5.14. The maximum Gasteiger partial charge on any atom is 0.264 e. The van der Waals surface area contributed by atoms with Crippen LogP contribution in [-0.2, 0) is 9.59 Å². The average molecular weight is 385 g/mol. The van der Waals surface area contributed by atoms with Crippen LogP contribution >= 0.6 is 12.2 Å². The van der Waals surface area contributed by atoms with Crippen molar-refractivity contribution >= 4 is 39.9 Å². The van der Waals surface area contributed by atoms with Crippen molar-refractivity contribution in [3.63, 3.8) is 0 Å². The molecule has 0 aliphatic heterocycles. The first-order valence-corrected chi connectivity index (χ1v) is 9.54. The molecular formula is C20H23N3O3S. The number of nitrogens with one attached hydrogen (secondary N) is 3. The number of thiocarbonyl (C=S) groups is 1. The molecule has 1 saturated carbocycles. The Bertz CT molecular complexity index is 834. The van der Waals surface area contributed by atoms with E-state index in [9.17, 15) is 9.59 Å². The average Bonchev–Trinajstić information content (AvgIpc) is 2.71. The van der Waals surface area contributed by atoms with E-state index >= 15 is 0 Å². The molecule has 6 nitrogen and oxygen atoms in total. The number of amides is 2. The number of carbonyl (C=O) groups is 2. The lowest BCUT2D eigenvalue weighted by molar-refractivity contribution is -0.126. The summed E-state index contributed by atoms with van der Waals surface area (Å²) in [7, 11) is 0. The van der Waals surface area contributed by atoms with Crippen LogP contribution in [0.1, 0.15) is 32.1 Å². The van der Waals surface area contributed by atoms with Crippen molar-refractivity contribution in [1.82, 2.24) is 16.2 Å². The number of hydrogen-bond donors (Lipinski definition) is 3. The molecule has 0 unspecified atom stereocenters. The summed E-state index contributed by atoms with van der Waals surface area (Å²) in [6.07, 6.45) is 5.12. The van der Waals surface area contributed by atoms with Crippen molar-refractivity contribution in [3.8, 4) is 5.75 Å². The minimum absolute atomic E-state index is 0.0148. The number of benzene rings is 2. The fraction of sp³-hybridized carbons (Fsp3) is 0.350. The highest BCUT2D eigenvalue weighted by atomic mass is 32.1. The molecule has 2 aromatic carbocycles. The molecule has 2 amide bonds. The maximum absolute atomic E-state index is 12.0. The molecular weight excluding hydrogens is 362 g/mol. The second kappa shape index (κ2) is 9.32. The van der Waals surface area contributed by atoms with Gasteiger partial charge in [-0.25, -0.2) is 0 Å². The first kappa shape index (κ1) is 19.1. The van der Waals surface area contributed by atoms with E-state index in [2.05, 4.69) is 16.2 Å². The highest BCUT2D eigenvalue weighted by Gasteiger charge is 2.21. The zero-order valence-electron chi connectivity index (χ0n) is 15.0. The predicted molar refractivity (Wildman–Crippen MR) is 108 cm³/mol. The zero-order chi connectivity index (χ0) is 19.1. The SMILES string of the molecule is O=C(COc1ccc2ccccc2c1)NC(=S)NNC(=O)C1CCCCC1. The molecule has 1 aliphatic rings. The van der Waals surface area contributed by atoms with Gasteiger partial charge in [-0.3, -0.25) is 25.8 Å². The van der Waals surface area contributed by atoms with Gasteiger partial charge in [-0.05, 0) is 48.0 Å². The van der Waals surface area contributed by atoms with Crippen molar-refractivity contribution in [2.45, 2.75) is 32.1 Å². The van der Waals surface area contributed by atoms with Gasteiger partial charge in [0.05, 0.1) is 0 Å². The fourth-order valence-electron chi connectivity index (χ4n) is 3.19. The minimum atomic E-state index is -0.396. The molecule has 1 fully saturated rings. The van der Waals surface area contributed by atoms with E-state index in [-0.39, 0.29) is 23.5 Å². The van der Waals surface area contributed by atoms with Crippen LogP contribution in [0, 0.1) is 5.92 Å². The van der Waals surface area contributed by atoms with E-state index in [4.69, 9.17) is 17.0 Å². The van der Waals surface area contributed by atoms with Crippen LogP contribution in [0.5, 0.6) is 5.75 Å². The Morgan fingerprint density at radius 1 is 1.00 bits per heavy atom. The molecule has 0 radical (unpaired) electrons. The lowest BCUT2D eigenvalue weighted by Crippen LogP contribution is -2.51. The molecule has 0 bridgehead atoms. The predicted octanol–water partition coefficient (Wildman–Crippen LogP) is 2.82. The monoisotopic (exact) mass is 385 g/mol. The van der Waals surface area contributed by atoms with Crippen molar-refractivity contribution in [1.29, 1.82) is 0 Å². The molecule has 2 aromatic rings. The van der Waals surface area contributed by atoms with Gasteiger partial charge in [0.2, 0.25) is 5.91 Å². The van der Waals surface area contributed by atoms with E-state index in [1.165, 1.54) is 6.42 Å². The minimum Gasteiger partial charge on any atom is -0.484 e. The zero-order valence-corrected chi connectivity index (χ0v) is 15.8. The van der Waals surface area contributed by atoms with Crippen LogP contribution in [-0.4, -0.2) is 23.5 Å². The molecule has 0 heterocycles. The first-order chi connectivity index (χ1) is 13.1. The number of ether oxygens (including phenoxy) is 1. The number of rotatable bonds is 4. The Morgan fingerprint density at radius 3 is 2.52 bits per heavy atom. The van der Waals surface area contributed by atoms with Crippen molar-refractivity contribution in [2.75, 3.05) is 6.61 Å². The molecule has 3 N–H and O–H groups in total. The third kappa shape index (κ3) is 5.65. The van der Waals surface area contributed by atoms with E-state index in [0.717, 1.165) is 36.5 Å². The summed E-state index contributed by atoms with van der Waals surface area (Å²) in [6.45, 7) is -0.170. The lowest BCUT2D eigenvalue weighted by atomic mass is 9.89. The van der Waals surface area contributed by atoms with E-state index in [0.29, 0.717) is 5.75 Å². The highest BCUT2D eigenvalue weighted by Crippen LogP contribution is 2.23. The van der Waals surface area contributed by atoms with Crippen LogP contribution in [0.3, 0.4) is 0 Å². The van der Waals surface area contributed by atoms with Crippen LogP contribution < -0.4 is 20.9 Å². The van der Waals surface area contributed by atoms with Crippen molar-refractivity contribution in [3.05, 3.63) is 42.5 Å². The van der Waals surface area contributed by atoms with Gasteiger partial charge in [0.1, 0.15) is 5.75 Å². The van der Waals surface area contributed by atoms with Gasteiger partial charge in [-0.15, -0.1) is 0 Å². The van der Waals surface area contributed by atoms with Crippen molar-refractivity contribution in [2.24, 2.45) is 5.92 Å². The van der Waals surface area contributed by atoms with Gasteiger partial charge in [-0.1, -0.05) is 49.6 Å². The largest absolute Gasteiger partial charge is 0.484 e.